The molecule has 3 heterocycles. The Bertz CT molecular complexity index is 1360. The largest absolute Gasteiger partial charge is 0.478 e. The van der Waals surface area contributed by atoms with Crippen molar-refractivity contribution in [1.82, 2.24) is 24.7 Å². The number of rotatable bonds is 14. The predicted octanol–water partition coefficient (Wildman–Crippen LogP) is 2.50. The Morgan fingerprint density at radius 2 is 1.71 bits per heavy atom. The normalized spacial score (nSPS) is 17.9. The summed E-state index contributed by atoms with van der Waals surface area (Å²) in [7, 11) is 3.29. The molecule has 2 aliphatic rings. The maximum absolute atomic E-state index is 14.4. The van der Waals surface area contributed by atoms with Crippen molar-refractivity contribution in [1.29, 1.82) is 0 Å². The van der Waals surface area contributed by atoms with Gasteiger partial charge in [-0.2, -0.15) is 4.98 Å². The van der Waals surface area contributed by atoms with Crippen molar-refractivity contribution in [2.45, 2.75) is 45.6 Å². The fourth-order valence-electron chi connectivity index (χ4n) is 5.81. The van der Waals surface area contributed by atoms with Gasteiger partial charge in [0.2, 0.25) is 5.91 Å². The molecule has 1 aromatic heterocycles. The third-order valence-corrected chi connectivity index (χ3v) is 7.98. The first-order valence-corrected chi connectivity index (χ1v) is 16.3. The number of aliphatic carboxylic acids is 2. The van der Waals surface area contributed by atoms with Crippen LogP contribution >= 0.6 is 0 Å². The zero-order valence-electron chi connectivity index (χ0n) is 28.3. The van der Waals surface area contributed by atoms with Crippen LogP contribution in [-0.2, 0) is 30.3 Å². The average Bonchev–Trinajstić information content (AvgIpc) is 3.47. The summed E-state index contributed by atoms with van der Waals surface area (Å²) in [5.41, 5.74) is 2.15. The van der Waals surface area contributed by atoms with E-state index in [1.807, 2.05) is 44.7 Å². The number of amides is 2. The Morgan fingerprint density at radius 1 is 1.04 bits per heavy atom. The number of carboxylic acids is 2. The molecule has 0 unspecified atom stereocenters. The average molecular weight is 672 g/mol. The molecule has 1 aromatic carbocycles. The van der Waals surface area contributed by atoms with Crippen LogP contribution in [0.3, 0.4) is 0 Å². The van der Waals surface area contributed by atoms with Crippen LogP contribution in [0.1, 0.15) is 49.3 Å². The summed E-state index contributed by atoms with van der Waals surface area (Å²) in [5.74, 6) is -2.41. The number of para-hydroxylation sites is 1. The first kappa shape index (κ1) is 38.2. The highest BCUT2D eigenvalue weighted by Gasteiger charge is 2.37. The smallest absolute Gasteiger partial charge is 0.328 e. The van der Waals surface area contributed by atoms with Crippen molar-refractivity contribution in [3.8, 4) is 11.7 Å². The number of ether oxygens (including phenoxy) is 3. The fraction of sp³-hybridized carbons (Fsp3) is 0.559. The van der Waals surface area contributed by atoms with E-state index >= 15 is 0 Å². The van der Waals surface area contributed by atoms with Crippen LogP contribution in [0.25, 0.3) is 5.69 Å². The van der Waals surface area contributed by atoms with E-state index in [-0.39, 0.29) is 29.7 Å². The zero-order chi connectivity index (χ0) is 35.1. The number of hydrogen-bond donors (Lipinski definition) is 3. The van der Waals surface area contributed by atoms with Gasteiger partial charge in [0.15, 0.2) is 5.69 Å². The van der Waals surface area contributed by atoms with Crippen molar-refractivity contribution in [2.75, 3.05) is 66.8 Å². The summed E-state index contributed by atoms with van der Waals surface area (Å²) >= 11 is 0. The van der Waals surface area contributed by atoms with E-state index in [4.69, 9.17) is 29.4 Å². The molecular weight excluding hydrogens is 622 g/mol. The quantitative estimate of drug-likeness (QED) is 0.199. The Kier molecular flexibility index (Phi) is 15.5. The van der Waals surface area contributed by atoms with Gasteiger partial charge in [0.05, 0.1) is 37.6 Å². The summed E-state index contributed by atoms with van der Waals surface area (Å²) < 4.78 is 18.4. The van der Waals surface area contributed by atoms with Crippen molar-refractivity contribution >= 4 is 23.8 Å². The van der Waals surface area contributed by atoms with E-state index in [1.54, 1.807) is 14.2 Å². The van der Waals surface area contributed by atoms with Gasteiger partial charge in [-0.05, 0) is 43.7 Å². The first-order valence-electron chi connectivity index (χ1n) is 16.3. The highest BCUT2D eigenvalue weighted by atomic mass is 16.5. The van der Waals surface area contributed by atoms with E-state index in [1.165, 1.54) is 0 Å². The topological polar surface area (TPSA) is 173 Å². The maximum Gasteiger partial charge on any atom is 0.328 e. The molecule has 2 atom stereocenters. The minimum atomic E-state index is -1.26. The summed E-state index contributed by atoms with van der Waals surface area (Å²) in [6.07, 6.45) is 4.12. The van der Waals surface area contributed by atoms with Gasteiger partial charge in [0.1, 0.15) is 0 Å². The maximum atomic E-state index is 14.4. The second-order valence-electron chi connectivity index (χ2n) is 12.1. The van der Waals surface area contributed by atoms with Crippen molar-refractivity contribution < 1.29 is 43.6 Å². The lowest BCUT2D eigenvalue weighted by Crippen LogP contribution is -2.56. The number of carboxylic acid groups (broad SMARTS) is 2. The van der Waals surface area contributed by atoms with Crippen LogP contribution in [0.2, 0.25) is 0 Å². The van der Waals surface area contributed by atoms with E-state index < -0.39 is 11.9 Å². The molecular formula is C34H49N5O9. The summed E-state index contributed by atoms with van der Waals surface area (Å²) in [5, 5.41) is 19.1. The molecule has 0 radical (unpaired) electrons. The minimum Gasteiger partial charge on any atom is -0.478 e. The number of nitrogens with one attached hydrogen (secondary N) is 1. The number of nitrogens with zero attached hydrogens (tertiary/aromatic N) is 4. The third kappa shape index (κ3) is 11.2. The Balaban J connectivity index is 0.000000694. The van der Waals surface area contributed by atoms with Gasteiger partial charge in [0.25, 0.3) is 5.91 Å². The van der Waals surface area contributed by atoms with E-state index in [0.717, 1.165) is 24.2 Å². The van der Waals surface area contributed by atoms with Crippen LogP contribution in [0.5, 0.6) is 6.01 Å². The van der Waals surface area contributed by atoms with E-state index in [2.05, 4.69) is 19.2 Å². The Morgan fingerprint density at radius 3 is 2.29 bits per heavy atom. The molecule has 14 heteroatoms. The highest BCUT2D eigenvalue weighted by Crippen LogP contribution is 2.29. The molecule has 2 amide bonds. The van der Waals surface area contributed by atoms with Gasteiger partial charge in [0, 0.05) is 64.6 Å². The highest BCUT2D eigenvalue weighted by molar-refractivity contribution is 5.94. The number of hydrogen-bond acceptors (Lipinski definition) is 9. The summed E-state index contributed by atoms with van der Waals surface area (Å²) in [6.45, 7) is 9.12. The monoisotopic (exact) mass is 671 g/mol. The van der Waals surface area contributed by atoms with Crippen LogP contribution < -0.4 is 10.1 Å². The number of aromatic nitrogens is 2. The number of carbonyl (C=O) groups excluding carboxylic acids is 2. The summed E-state index contributed by atoms with van der Waals surface area (Å²) in [6, 6.07) is 10.2. The molecule has 2 aromatic rings. The van der Waals surface area contributed by atoms with Gasteiger partial charge in [-0.15, -0.1) is 0 Å². The second kappa shape index (κ2) is 19.5. The minimum absolute atomic E-state index is 0.116. The molecule has 2 saturated heterocycles. The third-order valence-electron chi connectivity index (χ3n) is 7.98. The standard InChI is InChI=1S/C30H45N5O5.C4H4O4/c1-22(2)21-34(25-18-23(19-31-20-25)28(36)33-13-16-40-17-14-33)29(37)27-26(12-8-9-15-38-3)35(30(32-27)39-4)24-10-6-5-7-11-24;5-3(6)1-2-4(7)8/h5-7,10-11,22-23,25,31H,8-9,12-21H2,1-4H3;1-2H,(H,5,6)(H,7,8)/t23-,25+;/m1./s1. The predicted molar refractivity (Wildman–Crippen MR) is 177 cm³/mol. The first-order chi connectivity index (χ1) is 23.1. The molecule has 2 aliphatic heterocycles. The molecule has 264 valence electrons. The van der Waals surface area contributed by atoms with Crippen molar-refractivity contribution in [3.05, 3.63) is 53.9 Å². The molecule has 0 saturated carbocycles. The van der Waals surface area contributed by atoms with Gasteiger partial charge >= 0.3 is 17.9 Å². The molecule has 3 N–H and O–H groups in total. The number of unbranched alkanes of at least 4 members (excludes halogenated alkanes) is 1. The van der Waals surface area contributed by atoms with Crippen LogP contribution in [0, 0.1) is 11.8 Å². The molecule has 14 nitrogen and oxygen atoms in total. The van der Waals surface area contributed by atoms with Crippen molar-refractivity contribution in [3.63, 3.8) is 0 Å². The number of morpholine rings is 1. The zero-order valence-corrected chi connectivity index (χ0v) is 28.3. The van der Waals surface area contributed by atoms with Crippen LogP contribution in [0.4, 0.5) is 0 Å². The molecule has 0 spiro atoms. The Labute approximate surface area is 281 Å². The number of piperidine rings is 1. The second-order valence-corrected chi connectivity index (χ2v) is 12.1. The fourth-order valence-corrected chi connectivity index (χ4v) is 5.81. The van der Waals surface area contributed by atoms with E-state index in [9.17, 15) is 19.2 Å². The lowest BCUT2D eigenvalue weighted by molar-refractivity contribution is -0.140. The number of benzene rings is 1. The van der Waals surface area contributed by atoms with Crippen LogP contribution in [-0.4, -0.2) is 126 Å². The summed E-state index contributed by atoms with van der Waals surface area (Å²) in [4.78, 5) is 55.5. The molecule has 0 bridgehead atoms. The van der Waals surface area contributed by atoms with Crippen LogP contribution in [0.15, 0.2) is 42.5 Å². The van der Waals surface area contributed by atoms with Crippen molar-refractivity contribution in [2.24, 2.45) is 11.8 Å². The lowest BCUT2D eigenvalue weighted by Gasteiger charge is -2.40. The van der Waals surface area contributed by atoms with Gasteiger partial charge in [-0.3, -0.25) is 14.2 Å². The van der Waals surface area contributed by atoms with Gasteiger partial charge < -0.3 is 39.5 Å². The van der Waals surface area contributed by atoms with Gasteiger partial charge in [-0.25, -0.2) is 9.59 Å². The molecule has 48 heavy (non-hydrogen) atoms. The van der Waals surface area contributed by atoms with Gasteiger partial charge in [-0.1, -0.05) is 32.0 Å². The Hall–Kier alpha value is -4.27. The number of imidazole rings is 1. The molecule has 0 aliphatic carbocycles. The number of carbonyl (C=O) groups is 4. The molecule has 2 fully saturated rings. The van der Waals surface area contributed by atoms with E-state index in [0.29, 0.717) is 89.2 Å². The molecule has 4 rings (SSSR count). The SMILES string of the molecule is COCCCCc1c(C(=O)N(CC(C)C)[C@@H]2CNC[C@H](C(=O)N3CCOCC3)C2)nc(OC)n1-c1ccccc1.O=C(O)C=CC(=O)O. The number of methoxy groups -OCH3 is 2. The lowest BCUT2D eigenvalue weighted by atomic mass is 9.92.